The van der Waals surface area contributed by atoms with Gasteiger partial charge in [0.1, 0.15) is 15.7 Å². The lowest BCUT2D eigenvalue weighted by Crippen LogP contribution is -1.91. The van der Waals surface area contributed by atoms with Crippen molar-refractivity contribution < 1.29 is 8.83 Å². The van der Waals surface area contributed by atoms with Crippen LogP contribution in [0, 0.1) is 6.92 Å². The fraction of sp³-hybridized carbons (Fsp3) is 0.100. The van der Waals surface area contributed by atoms with Crippen LogP contribution in [-0.2, 0) is 5.75 Å². The lowest BCUT2D eigenvalue weighted by Gasteiger charge is -2.01. The maximum Gasteiger partial charge on any atom is 0.283 e. The van der Waals surface area contributed by atoms with E-state index in [0.717, 1.165) is 21.1 Å². The molecule has 0 radical (unpaired) electrons. The van der Waals surface area contributed by atoms with Gasteiger partial charge in [0.25, 0.3) is 5.89 Å². The number of thiophene rings is 1. The average Bonchev–Trinajstić information content (AvgIpc) is 3.46. The van der Waals surface area contributed by atoms with Gasteiger partial charge in [0.15, 0.2) is 5.76 Å². The normalized spacial score (nSPS) is 11.3. The van der Waals surface area contributed by atoms with Gasteiger partial charge in [0.2, 0.25) is 5.89 Å². The summed E-state index contributed by atoms with van der Waals surface area (Å²) in [6, 6.07) is 16.0. The summed E-state index contributed by atoms with van der Waals surface area (Å²) in [6.45, 7) is 1.91. The molecule has 4 heterocycles. The van der Waals surface area contributed by atoms with Crippen molar-refractivity contribution in [2.45, 2.75) is 17.7 Å². The van der Waals surface area contributed by atoms with Crippen LogP contribution in [-0.4, -0.2) is 20.2 Å². The Hall–Kier alpha value is -2.97. The van der Waals surface area contributed by atoms with Crippen LogP contribution in [0.5, 0.6) is 0 Å². The molecule has 0 fully saturated rings. The zero-order valence-corrected chi connectivity index (χ0v) is 16.5. The molecule has 6 nitrogen and oxygen atoms in total. The Morgan fingerprint density at radius 2 is 1.93 bits per heavy atom. The fourth-order valence-corrected chi connectivity index (χ4v) is 4.82. The molecule has 28 heavy (non-hydrogen) atoms. The van der Waals surface area contributed by atoms with E-state index < -0.39 is 0 Å². The summed E-state index contributed by atoms with van der Waals surface area (Å²) in [5.74, 6) is 2.74. The highest BCUT2D eigenvalue weighted by atomic mass is 32.2. The van der Waals surface area contributed by atoms with Crippen LogP contribution in [0.4, 0.5) is 0 Å². The van der Waals surface area contributed by atoms with E-state index in [4.69, 9.17) is 8.83 Å². The molecule has 8 heteroatoms. The van der Waals surface area contributed by atoms with Gasteiger partial charge < -0.3 is 8.83 Å². The Morgan fingerprint density at radius 1 is 1.04 bits per heavy atom. The van der Waals surface area contributed by atoms with Crippen molar-refractivity contribution in [1.82, 2.24) is 20.2 Å². The van der Waals surface area contributed by atoms with Crippen molar-refractivity contribution >= 4 is 33.3 Å². The van der Waals surface area contributed by atoms with Crippen LogP contribution in [0.15, 0.2) is 68.7 Å². The minimum Gasteiger partial charge on any atom is -0.459 e. The largest absolute Gasteiger partial charge is 0.459 e. The number of fused-ring (bicyclic) bond motifs is 1. The molecular weight excluding hydrogens is 392 g/mol. The SMILES string of the molecule is Cc1nc(SCc2nnc(-c3ccco3)o2)c2cc(-c3ccccc3)sc2n1. The third kappa shape index (κ3) is 3.32. The average molecular weight is 406 g/mol. The van der Waals surface area contributed by atoms with Gasteiger partial charge in [-0.1, -0.05) is 42.1 Å². The summed E-state index contributed by atoms with van der Waals surface area (Å²) in [5, 5.41) is 10.1. The van der Waals surface area contributed by atoms with Crippen molar-refractivity contribution in [2.24, 2.45) is 0 Å². The van der Waals surface area contributed by atoms with E-state index in [-0.39, 0.29) is 0 Å². The highest BCUT2D eigenvalue weighted by Crippen LogP contribution is 2.37. The summed E-state index contributed by atoms with van der Waals surface area (Å²) in [6.07, 6.45) is 1.58. The molecule has 0 aliphatic carbocycles. The van der Waals surface area contributed by atoms with Crippen LogP contribution < -0.4 is 0 Å². The highest BCUT2D eigenvalue weighted by Gasteiger charge is 2.15. The standard InChI is InChI=1S/C20H14N4O2S2/c1-12-21-19(27-11-17-23-24-18(26-17)15-8-5-9-25-15)14-10-16(28-20(14)22-12)13-6-3-2-4-7-13/h2-10H,11H2,1H3. The molecule has 0 aliphatic rings. The van der Waals surface area contributed by atoms with Crippen LogP contribution >= 0.6 is 23.1 Å². The fourth-order valence-electron chi connectivity index (χ4n) is 2.79. The molecule has 0 saturated carbocycles. The minimum absolute atomic E-state index is 0.381. The maximum absolute atomic E-state index is 5.69. The second-order valence-corrected chi connectivity index (χ2v) is 8.03. The second-order valence-electron chi connectivity index (χ2n) is 6.04. The molecule has 0 unspecified atom stereocenters. The van der Waals surface area contributed by atoms with Gasteiger partial charge in [-0.3, -0.25) is 0 Å². The van der Waals surface area contributed by atoms with Crippen LogP contribution in [0.25, 0.3) is 32.3 Å². The van der Waals surface area contributed by atoms with Gasteiger partial charge >= 0.3 is 0 Å². The molecule has 0 saturated heterocycles. The molecular formula is C20H14N4O2S2. The number of aromatic nitrogens is 4. The molecule has 0 atom stereocenters. The molecule has 0 N–H and O–H groups in total. The Kier molecular flexibility index (Phi) is 4.42. The summed E-state index contributed by atoms with van der Waals surface area (Å²) < 4.78 is 11.0. The first-order valence-electron chi connectivity index (χ1n) is 8.59. The van der Waals surface area contributed by atoms with Gasteiger partial charge in [-0.15, -0.1) is 21.5 Å². The number of nitrogens with zero attached hydrogens (tertiary/aromatic N) is 4. The van der Waals surface area contributed by atoms with Gasteiger partial charge in [-0.05, 0) is 30.7 Å². The lowest BCUT2D eigenvalue weighted by molar-refractivity contribution is 0.494. The zero-order chi connectivity index (χ0) is 18.9. The van der Waals surface area contributed by atoms with Gasteiger partial charge in [-0.2, -0.15) is 0 Å². The number of thioether (sulfide) groups is 1. The third-order valence-electron chi connectivity index (χ3n) is 4.06. The Balaban J connectivity index is 1.43. The van der Waals surface area contributed by atoms with Crippen LogP contribution in [0.1, 0.15) is 11.7 Å². The first-order chi connectivity index (χ1) is 13.8. The minimum atomic E-state index is 0.381. The van der Waals surface area contributed by atoms with Crippen molar-refractivity contribution in [2.75, 3.05) is 0 Å². The number of rotatable bonds is 5. The Morgan fingerprint density at radius 3 is 2.75 bits per heavy atom. The van der Waals surface area contributed by atoms with Crippen molar-refractivity contribution in [3.05, 3.63) is 66.5 Å². The molecule has 1 aromatic carbocycles. The maximum atomic E-state index is 5.69. The molecule has 138 valence electrons. The lowest BCUT2D eigenvalue weighted by atomic mass is 10.2. The molecule has 4 aromatic heterocycles. The van der Waals surface area contributed by atoms with Crippen molar-refractivity contribution in [3.8, 4) is 22.1 Å². The van der Waals surface area contributed by atoms with E-state index in [1.54, 1.807) is 41.5 Å². The Bertz CT molecular complexity index is 1230. The molecule has 0 spiro atoms. The van der Waals surface area contributed by atoms with E-state index in [0.29, 0.717) is 23.3 Å². The number of aryl methyl sites for hydroxylation is 1. The first-order valence-corrected chi connectivity index (χ1v) is 10.4. The van der Waals surface area contributed by atoms with Gasteiger partial charge in [0, 0.05) is 10.3 Å². The summed E-state index contributed by atoms with van der Waals surface area (Å²) in [5.41, 5.74) is 1.18. The summed E-state index contributed by atoms with van der Waals surface area (Å²) >= 11 is 3.24. The second kappa shape index (κ2) is 7.21. The van der Waals surface area contributed by atoms with E-state index in [2.05, 4.69) is 38.4 Å². The Labute approximate surface area is 168 Å². The van der Waals surface area contributed by atoms with E-state index >= 15 is 0 Å². The monoisotopic (exact) mass is 406 g/mol. The van der Waals surface area contributed by atoms with Crippen molar-refractivity contribution in [3.63, 3.8) is 0 Å². The first kappa shape index (κ1) is 17.2. The molecule has 0 aliphatic heterocycles. The van der Waals surface area contributed by atoms with E-state index in [1.165, 1.54) is 10.4 Å². The zero-order valence-electron chi connectivity index (χ0n) is 14.8. The summed E-state index contributed by atoms with van der Waals surface area (Å²) in [4.78, 5) is 11.4. The predicted octanol–water partition coefficient (Wildman–Crippen LogP) is 5.60. The third-order valence-corrected chi connectivity index (χ3v) is 6.11. The predicted molar refractivity (Wildman–Crippen MR) is 109 cm³/mol. The van der Waals surface area contributed by atoms with Gasteiger partial charge in [-0.25, -0.2) is 9.97 Å². The number of hydrogen-bond donors (Lipinski definition) is 0. The van der Waals surface area contributed by atoms with Crippen LogP contribution in [0.3, 0.4) is 0 Å². The van der Waals surface area contributed by atoms with Crippen molar-refractivity contribution in [1.29, 1.82) is 0 Å². The topological polar surface area (TPSA) is 77.8 Å². The molecule has 5 aromatic rings. The number of furan rings is 1. The van der Waals surface area contributed by atoms with Crippen LogP contribution in [0.2, 0.25) is 0 Å². The molecule has 0 amide bonds. The van der Waals surface area contributed by atoms with Gasteiger partial charge in [0.05, 0.1) is 12.0 Å². The number of benzene rings is 1. The van der Waals surface area contributed by atoms with E-state index in [9.17, 15) is 0 Å². The molecule has 0 bridgehead atoms. The highest BCUT2D eigenvalue weighted by molar-refractivity contribution is 7.98. The quantitative estimate of drug-likeness (QED) is 0.277. The molecule has 5 rings (SSSR count). The smallest absolute Gasteiger partial charge is 0.283 e. The summed E-state index contributed by atoms with van der Waals surface area (Å²) in [7, 11) is 0. The number of hydrogen-bond acceptors (Lipinski definition) is 8. The van der Waals surface area contributed by atoms with E-state index in [1.807, 2.05) is 25.1 Å².